The Balaban J connectivity index is 2.63. The molecular weight excluding hydrogens is 384 g/mol. The molecule has 0 aliphatic rings. The van der Waals surface area contributed by atoms with Crippen LogP contribution in [0, 0.1) is 0 Å². The molecule has 0 saturated heterocycles. The number of hydrogen-bond donors (Lipinski definition) is 0. The second-order valence-corrected chi connectivity index (χ2v) is 5.73. The second kappa shape index (κ2) is 4.81. The molecule has 2 aromatic carbocycles. The van der Waals surface area contributed by atoms with Crippen molar-refractivity contribution < 1.29 is 0 Å². The molecule has 0 radical (unpaired) electrons. The molecule has 0 saturated carbocycles. The molecule has 0 aliphatic carbocycles. The normalized spacial score (nSPS) is 10.3. The smallest absolute Gasteiger partial charge is 0.0265 e. The van der Waals surface area contributed by atoms with Crippen LogP contribution in [0.25, 0.3) is 11.1 Å². The predicted molar refractivity (Wildman–Crippen MR) is 75.0 cm³/mol. The van der Waals surface area contributed by atoms with E-state index in [1.165, 1.54) is 11.1 Å². The van der Waals surface area contributed by atoms with Crippen molar-refractivity contribution in [3.8, 4) is 11.1 Å². The third-order valence-corrected chi connectivity index (χ3v) is 3.89. The number of halogens is 3. The number of rotatable bonds is 1. The molecule has 0 aromatic heterocycles. The lowest BCUT2D eigenvalue weighted by atomic mass is 10.1. The summed E-state index contributed by atoms with van der Waals surface area (Å²) in [5, 5.41) is 0. The van der Waals surface area contributed by atoms with E-state index >= 15 is 0 Å². The van der Waals surface area contributed by atoms with E-state index in [2.05, 4.69) is 59.9 Å². The Morgan fingerprint density at radius 1 is 0.733 bits per heavy atom. The molecule has 0 unspecified atom stereocenters. The van der Waals surface area contributed by atoms with Gasteiger partial charge >= 0.3 is 0 Å². The molecule has 15 heavy (non-hydrogen) atoms. The van der Waals surface area contributed by atoms with Crippen molar-refractivity contribution in [1.29, 1.82) is 0 Å². The van der Waals surface area contributed by atoms with Gasteiger partial charge < -0.3 is 0 Å². The maximum atomic E-state index is 3.56. The molecule has 0 nitrogen and oxygen atoms in total. The Morgan fingerprint density at radius 3 is 1.93 bits per heavy atom. The van der Waals surface area contributed by atoms with Crippen molar-refractivity contribution in [3.63, 3.8) is 0 Å². The fourth-order valence-corrected chi connectivity index (χ4v) is 3.27. The van der Waals surface area contributed by atoms with Gasteiger partial charge in [0.05, 0.1) is 0 Å². The quantitative estimate of drug-likeness (QED) is 0.591. The summed E-state index contributed by atoms with van der Waals surface area (Å²) < 4.78 is 3.27. The molecule has 0 aliphatic heterocycles. The lowest BCUT2D eigenvalue weighted by Crippen LogP contribution is -1.81. The van der Waals surface area contributed by atoms with E-state index < -0.39 is 0 Å². The summed E-state index contributed by atoms with van der Waals surface area (Å²) in [7, 11) is 0. The van der Waals surface area contributed by atoms with Gasteiger partial charge in [-0.15, -0.1) is 0 Å². The topological polar surface area (TPSA) is 0 Å². The van der Waals surface area contributed by atoms with Gasteiger partial charge in [-0.2, -0.15) is 0 Å². The molecule has 0 heterocycles. The van der Waals surface area contributed by atoms with Gasteiger partial charge in [-0.3, -0.25) is 0 Å². The highest BCUT2D eigenvalue weighted by molar-refractivity contribution is 9.11. The zero-order valence-corrected chi connectivity index (χ0v) is 12.4. The number of benzene rings is 2. The van der Waals surface area contributed by atoms with E-state index in [4.69, 9.17) is 0 Å². The van der Waals surface area contributed by atoms with Crippen molar-refractivity contribution in [2.45, 2.75) is 0 Å². The maximum Gasteiger partial charge on any atom is 0.0265 e. The van der Waals surface area contributed by atoms with E-state index in [1.807, 2.05) is 30.3 Å². The molecule has 3 heteroatoms. The van der Waals surface area contributed by atoms with Gasteiger partial charge in [-0.25, -0.2) is 0 Å². The summed E-state index contributed by atoms with van der Waals surface area (Å²) in [6.07, 6.45) is 0. The van der Waals surface area contributed by atoms with Crippen LogP contribution in [0.1, 0.15) is 0 Å². The average molecular weight is 391 g/mol. The maximum absolute atomic E-state index is 3.56. The van der Waals surface area contributed by atoms with Crippen LogP contribution in [0.2, 0.25) is 0 Å². The Labute approximate surface area is 114 Å². The summed E-state index contributed by atoms with van der Waals surface area (Å²) in [4.78, 5) is 0. The largest absolute Gasteiger partial charge is 0.0605 e. The van der Waals surface area contributed by atoms with Gasteiger partial charge in [0, 0.05) is 19.0 Å². The summed E-state index contributed by atoms with van der Waals surface area (Å²) in [6, 6.07) is 14.3. The van der Waals surface area contributed by atoms with Crippen LogP contribution >= 0.6 is 47.8 Å². The van der Waals surface area contributed by atoms with Gasteiger partial charge in [0.25, 0.3) is 0 Å². The molecule has 76 valence electrons. The monoisotopic (exact) mass is 388 g/mol. The minimum Gasteiger partial charge on any atom is -0.0605 e. The van der Waals surface area contributed by atoms with Crippen molar-refractivity contribution in [2.24, 2.45) is 0 Å². The molecule has 0 bridgehead atoms. The van der Waals surface area contributed by atoms with Crippen molar-refractivity contribution in [1.82, 2.24) is 0 Å². The SMILES string of the molecule is Brc1cccc(-c2c(Br)cccc2Br)c1. The average Bonchev–Trinajstić information content (AvgIpc) is 2.17. The first-order valence-corrected chi connectivity index (χ1v) is 6.76. The van der Waals surface area contributed by atoms with E-state index in [1.54, 1.807) is 0 Å². The summed E-state index contributed by atoms with van der Waals surface area (Å²) in [5.74, 6) is 0. The third kappa shape index (κ3) is 2.52. The minimum absolute atomic E-state index is 1.09. The summed E-state index contributed by atoms with van der Waals surface area (Å²) in [5.41, 5.74) is 2.36. The first kappa shape index (κ1) is 11.4. The third-order valence-electron chi connectivity index (χ3n) is 2.08. The predicted octanol–water partition coefficient (Wildman–Crippen LogP) is 5.64. The molecule has 0 fully saturated rings. The van der Waals surface area contributed by atoms with Crippen LogP contribution in [0.4, 0.5) is 0 Å². The fourth-order valence-electron chi connectivity index (χ4n) is 1.42. The zero-order valence-electron chi connectivity index (χ0n) is 7.68. The van der Waals surface area contributed by atoms with Gasteiger partial charge in [0.1, 0.15) is 0 Å². The van der Waals surface area contributed by atoms with Crippen LogP contribution < -0.4 is 0 Å². The second-order valence-electron chi connectivity index (χ2n) is 3.11. The molecule has 0 N–H and O–H groups in total. The van der Waals surface area contributed by atoms with E-state index in [0.29, 0.717) is 0 Å². The highest BCUT2D eigenvalue weighted by Crippen LogP contribution is 2.35. The molecule has 2 rings (SSSR count). The Morgan fingerprint density at radius 2 is 1.33 bits per heavy atom. The standard InChI is InChI=1S/C12H7Br3/c13-9-4-1-3-8(7-9)12-10(14)5-2-6-11(12)15/h1-7H. The van der Waals surface area contributed by atoms with E-state index in [9.17, 15) is 0 Å². The Hall–Kier alpha value is -0.120. The highest BCUT2D eigenvalue weighted by Gasteiger charge is 2.06. The van der Waals surface area contributed by atoms with Crippen LogP contribution in [0.3, 0.4) is 0 Å². The molecular formula is C12H7Br3. The van der Waals surface area contributed by atoms with Crippen molar-refractivity contribution >= 4 is 47.8 Å². The first-order chi connectivity index (χ1) is 7.18. The Bertz CT molecular complexity index is 472. The van der Waals surface area contributed by atoms with Crippen LogP contribution in [-0.2, 0) is 0 Å². The first-order valence-electron chi connectivity index (χ1n) is 4.38. The van der Waals surface area contributed by atoms with Crippen LogP contribution in [0.5, 0.6) is 0 Å². The molecule has 0 amide bonds. The van der Waals surface area contributed by atoms with E-state index in [-0.39, 0.29) is 0 Å². The van der Waals surface area contributed by atoms with Crippen molar-refractivity contribution in [2.75, 3.05) is 0 Å². The number of hydrogen-bond acceptors (Lipinski definition) is 0. The summed E-state index contributed by atoms with van der Waals surface area (Å²) in [6.45, 7) is 0. The highest BCUT2D eigenvalue weighted by atomic mass is 79.9. The molecule has 0 spiro atoms. The minimum atomic E-state index is 1.09. The molecule has 2 aromatic rings. The van der Waals surface area contributed by atoms with Crippen LogP contribution in [0.15, 0.2) is 55.9 Å². The lowest BCUT2D eigenvalue weighted by Gasteiger charge is -2.07. The molecule has 0 atom stereocenters. The van der Waals surface area contributed by atoms with Gasteiger partial charge in [-0.05, 0) is 29.8 Å². The summed E-state index contributed by atoms with van der Waals surface area (Å²) >= 11 is 10.6. The zero-order chi connectivity index (χ0) is 10.8. The van der Waals surface area contributed by atoms with Crippen molar-refractivity contribution in [3.05, 3.63) is 55.9 Å². The fraction of sp³-hybridized carbons (Fsp3) is 0. The van der Waals surface area contributed by atoms with Gasteiger partial charge in [0.2, 0.25) is 0 Å². The van der Waals surface area contributed by atoms with E-state index in [0.717, 1.165) is 13.4 Å². The van der Waals surface area contributed by atoms with Crippen LogP contribution in [-0.4, -0.2) is 0 Å². The Kier molecular flexibility index (Phi) is 3.65. The van der Waals surface area contributed by atoms with Gasteiger partial charge in [-0.1, -0.05) is 66.0 Å². The van der Waals surface area contributed by atoms with Gasteiger partial charge in [0.15, 0.2) is 0 Å². The lowest BCUT2D eigenvalue weighted by molar-refractivity contribution is 1.54.